The normalized spacial score (nSPS) is 16.6. The van der Waals surface area contributed by atoms with Gasteiger partial charge in [0.1, 0.15) is 0 Å². The van der Waals surface area contributed by atoms with Crippen molar-refractivity contribution in [3.05, 3.63) is 0 Å². The Labute approximate surface area is 100 Å². The molecule has 1 heterocycles. The number of rotatable bonds is 5. The summed E-state index contributed by atoms with van der Waals surface area (Å²) in [6, 6.07) is 0. The van der Waals surface area contributed by atoms with E-state index in [0.717, 1.165) is 17.5 Å². The summed E-state index contributed by atoms with van der Waals surface area (Å²) in [4.78, 5) is 0. The summed E-state index contributed by atoms with van der Waals surface area (Å²) in [6.45, 7) is 0.989. The lowest BCUT2D eigenvalue weighted by Gasteiger charge is -2.10. The molecule has 0 atom stereocenters. The van der Waals surface area contributed by atoms with Crippen LogP contribution >= 0.6 is 11.5 Å². The molecule has 0 saturated heterocycles. The van der Waals surface area contributed by atoms with Gasteiger partial charge in [-0.1, -0.05) is 25.7 Å². The number of aromatic nitrogens is 1. The maximum atomic E-state index is 5.68. The van der Waals surface area contributed by atoms with Gasteiger partial charge in [0.15, 0.2) is 16.6 Å². The molecule has 1 aromatic heterocycles. The van der Waals surface area contributed by atoms with Crippen molar-refractivity contribution in [2.75, 3.05) is 24.7 Å². The molecular formula is C11H19N3OS. The first-order valence-electron chi connectivity index (χ1n) is 5.84. The standard InChI is InChI=1S/C11H19N3OS/c1-15-9-10(12)14-16-11(9)13-7-6-8-4-2-3-5-8/h8,13H,2-7H2,1H3,(H2,12,14). The van der Waals surface area contributed by atoms with E-state index in [4.69, 9.17) is 10.5 Å². The average molecular weight is 241 g/mol. The highest BCUT2D eigenvalue weighted by atomic mass is 32.1. The number of nitrogens with one attached hydrogen (secondary N) is 1. The van der Waals surface area contributed by atoms with Crippen LogP contribution in [0.1, 0.15) is 32.1 Å². The van der Waals surface area contributed by atoms with Crippen molar-refractivity contribution in [3.8, 4) is 5.75 Å². The van der Waals surface area contributed by atoms with Gasteiger partial charge in [-0.3, -0.25) is 0 Å². The minimum atomic E-state index is 0.482. The van der Waals surface area contributed by atoms with Crippen molar-refractivity contribution >= 4 is 22.4 Å². The number of ether oxygens (including phenoxy) is 1. The number of hydrogen-bond donors (Lipinski definition) is 2. The third-order valence-corrected chi connectivity index (χ3v) is 3.99. The van der Waals surface area contributed by atoms with Crippen molar-refractivity contribution < 1.29 is 4.74 Å². The topological polar surface area (TPSA) is 60.2 Å². The van der Waals surface area contributed by atoms with Gasteiger partial charge in [0.2, 0.25) is 0 Å². The largest absolute Gasteiger partial charge is 0.490 e. The van der Waals surface area contributed by atoms with Gasteiger partial charge in [0.05, 0.1) is 7.11 Å². The van der Waals surface area contributed by atoms with Crippen LogP contribution in [-0.4, -0.2) is 18.0 Å². The van der Waals surface area contributed by atoms with E-state index in [1.165, 1.54) is 43.6 Å². The van der Waals surface area contributed by atoms with Gasteiger partial charge >= 0.3 is 0 Å². The smallest absolute Gasteiger partial charge is 0.197 e. The fourth-order valence-corrected chi connectivity index (χ4v) is 3.00. The van der Waals surface area contributed by atoms with Crippen LogP contribution in [0.5, 0.6) is 5.75 Å². The zero-order chi connectivity index (χ0) is 11.4. The van der Waals surface area contributed by atoms with Gasteiger partial charge < -0.3 is 15.8 Å². The molecule has 5 heteroatoms. The zero-order valence-corrected chi connectivity index (χ0v) is 10.5. The van der Waals surface area contributed by atoms with Gasteiger partial charge in [-0.2, -0.15) is 4.37 Å². The predicted octanol–water partition coefficient (Wildman–Crippen LogP) is 2.73. The van der Waals surface area contributed by atoms with Crippen LogP contribution in [0.15, 0.2) is 0 Å². The average Bonchev–Trinajstić information content (AvgIpc) is 2.89. The van der Waals surface area contributed by atoms with E-state index in [1.807, 2.05) is 0 Å². The fourth-order valence-electron chi connectivity index (χ4n) is 2.29. The summed E-state index contributed by atoms with van der Waals surface area (Å²) in [5.74, 6) is 2.08. The molecule has 3 N–H and O–H groups in total. The molecule has 0 amide bonds. The van der Waals surface area contributed by atoms with Crippen LogP contribution in [0.3, 0.4) is 0 Å². The number of methoxy groups -OCH3 is 1. The maximum absolute atomic E-state index is 5.68. The molecule has 0 unspecified atom stereocenters. The van der Waals surface area contributed by atoms with E-state index in [9.17, 15) is 0 Å². The zero-order valence-electron chi connectivity index (χ0n) is 9.66. The summed E-state index contributed by atoms with van der Waals surface area (Å²) in [5.41, 5.74) is 5.68. The minimum absolute atomic E-state index is 0.482. The lowest BCUT2D eigenvalue weighted by Crippen LogP contribution is -2.06. The quantitative estimate of drug-likeness (QED) is 0.832. The number of hydrogen-bond acceptors (Lipinski definition) is 5. The minimum Gasteiger partial charge on any atom is -0.490 e. The van der Waals surface area contributed by atoms with Crippen LogP contribution < -0.4 is 15.8 Å². The lowest BCUT2D eigenvalue weighted by atomic mass is 10.0. The second-order valence-corrected chi connectivity index (χ2v) is 5.07. The van der Waals surface area contributed by atoms with Gasteiger partial charge in [0.25, 0.3) is 0 Å². The molecule has 1 fully saturated rings. The highest BCUT2D eigenvalue weighted by Crippen LogP contribution is 2.35. The number of nitrogens with zero attached hydrogens (tertiary/aromatic N) is 1. The SMILES string of the molecule is COc1c(N)nsc1NCCC1CCCC1. The maximum Gasteiger partial charge on any atom is 0.197 e. The van der Waals surface area contributed by atoms with E-state index >= 15 is 0 Å². The van der Waals surface area contributed by atoms with Gasteiger partial charge in [-0.25, -0.2) is 0 Å². The van der Waals surface area contributed by atoms with Crippen LogP contribution in [0, 0.1) is 5.92 Å². The molecule has 0 aliphatic heterocycles. The highest BCUT2D eigenvalue weighted by molar-refractivity contribution is 7.11. The number of anilines is 2. The van der Waals surface area contributed by atoms with Crippen molar-refractivity contribution in [1.29, 1.82) is 0 Å². The Morgan fingerprint density at radius 2 is 2.25 bits per heavy atom. The molecule has 16 heavy (non-hydrogen) atoms. The molecule has 0 radical (unpaired) electrons. The molecule has 90 valence electrons. The fraction of sp³-hybridized carbons (Fsp3) is 0.727. The first-order valence-corrected chi connectivity index (χ1v) is 6.61. The van der Waals surface area contributed by atoms with Crippen molar-refractivity contribution in [2.24, 2.45) is 5.92 Å². The van der Waals surface area contributed by atoms with Crippen LogP contribution in [0.4, 0.5) is 10.8 Å². The van der Waals surface area contributed by atoms with Crippen molar-refractivity contribution in [3.63, 3.8) is 0 Å². The van der Waals surface area contributed by atoms with Gasteiger partial charge in [0, 0.05) is 6.54 Å². The molecule has 1 aromatic rings. The molecule has 1 aliphatic rings. The van der Waals surface area contributed by atoms with Crippen molar-refractivity contribution in [1.82, 2.24) is 4.37 Å². The molecule has 2 rings (SSSR count). The second kappa shape index (κ2) is 5.39. The number of nitrogen functional groups attached to an aromatic ring is 1. The van der Waals surface area contributed by atoms with E-state index in [-0.39, 0.29) is 0 Å². The summed E-state index contributed by atoms with van der Waals surface area (Å²) < 4.78 is 9.27. The first-order chi connectivity index (χ1) is 7.81. The third-order valence-electron chi connectivity index (χ3n) is 3.19. The van der Waals surface area contributed by atoms with E-state index in [1.54, 1.807) is 7.11 Å². The Kier molecular flexibility index (Phi) is 3.88. The van der Waals surface area contributed by atoms with Gasteiger partial charge in [-0.05, 0) is 23.9 Å². The summed E-state index contributed by atoms with van der Waals surface area (Å²) in [7, 11) is 1.63. The Morgan fingerprint density at radius 1 is 1.50 bits per heavy atom. The second-order valence-electron chi connectivity index (χ2n) is 4.30. The van der Waals surface area contributed by atoms with E-state index in [0.29, 0.717) is 11.6 Å². The van der Waals surface area contributed by atoms with Crippen LogP contribution in [0.25, 0.3) is 0 Å². The lowest BCUT2D eigenvalue weighted by molar-refractivity contribution is 0.419. The van der Waals surface area contributed by atoms with E-state index in [2.05, 4.69) is 9.69 Å². The Morgan fingerprint density at radius 3 is 2.94 bits per heavy atom. The van der Waals surface area contributed by atoms with E-state index < -0.39 is 0 Å². The molecule has 1 aliphatic carbocycles. The Hall–Kier alpha value is -0.970. The number of nitrogens with two attached hydrogens (primary N) is 1. The molecule has 0 bridgehead atoms. The molecule has 0 aromatic carbocycles. The highest BCUT2D eigenvalue weighted by Gasteiger charge is 2.15. The molecular weight excluding hydrogens is 222 g/mol. The third kappa shape index (κ3) is 2.58. The van der Waals surface area contributed by atoms with Gasteiger partial charge in [-0.15, -0.1) is 0 Å². The molecule has 1 saturated carbocycles. The molecule has 0 spiro atoms. The Bertz CT molecular complexity index is 334. The Balaban J connectivity index is 1.79. The summed E-state index contributed by atoms with van der Waals surface area (Å²) in [6.07, 6.45) is 6.83. The monoisotopic (exact) mass is 241 g/mol. The first kappa shape index (κ1) is 11.5. The summed E-state index contributed by atoms with van der Waals surface area (Å²) in [5, 5.41) is 4.32. The molecule has 4 nitrogen and oxygen atoms in total. The summed E-state index contributed by atoms with van der Waals surface area (Å²) >= 11 is 1.37. The predicted molar refractivity (Wildman–Crippen MR) is 68.1 cm³/mol. The van der Waals surface area contributed by atoms with Crippen molar-refractivity contribution in [2.45, 2.75) is 32.1 Å². The van der Waals surface area contributed by atoms with Crippen LogP contribution in [-0.2, 0) is 0 Å². The van der Waals surface area contributed by atoms with Crippen LogP contribution in [0.2, 0.25) is 0 Å².